The van der Waals surface area contributed by atoms with Crippen molar-refractivity contribution in [1.29, 1.82) is 0 Å². The fraction of sp³-hybridized carbons (Fsp3) is 0.429. The van der Waals surface area contributed by atoms with Crippen LogP contribution in [0.2, 0.25) is 5.02 Å². The van der Waals surface area contributed by atoms with Gasteiger partial charge in [-0.1, -0.05) is 43.2 Å². The van der Waals surface area contributed by atoms with Crippen LogP contribution in [-0.4, -0.2) is 24.2 Å². The summed E-state index contributed by atoms with van der Waals surface area (Å²) in [5, 5.41) is 18.4. The molecule has 0 saturated carbocycles. The van der Waals surface area contributed by atoms with Crippen molar-refractivity contribution in [1.82, 2.24) is 10.6 Å². The van der Waals surface area contributed by atoms with Gasteiger partial charge in [0.15, 0.2) is 0 Å². The lowest BCUT2D eigenvalue weighted by Gasteiger charge is -2.29. The highest BCUT2D eigenvalue weighted by atomic mass is 35.5. The van der Waals surface area contributed by atoms with Crippen LogP contribution in [0.3, 0.4) is 0 Å². The van der Waals surface area contributed by atoms with E-state index in [1.54, 1.807) is 0 Å². The van der Waals surface area contributed by atoms with Gasteiger partial charge in [0, 0.05) is 11.4 Å². The minimum absolute atomic E-state index is 0.158. The standard InChI is InChI=1S/C19H21ClN2O.C2H6/c20-14-3-4-15-16(11-14)17(23)10-13-2-1-7-22-19(13)18(15)12-5-8-21-9-6-12;1-2/h1-4,7,11,17,19,21-23H,5-6,8-10H2;1-2H3. The quantitative estimate of drug-likeness (QED) is 0.646. The Morgan fingerprint density at radius 1 is 1.16 bits per heavy atom. The van der Waals surface area contributed by atoms with Crippen LogP contribution in [0.4, 0.5) is 0 Å². The summed E-state index contributed by atoms with van der Waals surface area (Å²) in [6.07, 6.45) is 8.41. The van der Waals surface area contributed by atoms with E-state index in [1.807, 2.05) is 38.3 Å². The Bertz CT molecular complexity index is 713. The molecule has 4 rings (SSSR count). The number of hydrogen-bond donors (Lipinski definition) is 3. The van der Waals surface area contributed by atoms with Gasteiger partial charge in [-0.25, -0.2) is 0 Å². The van der Waals surface area contributed by atoms with E-state index in [-0.39, 0.29) is 6.04 Å². The van der Waals surface area contributed by atoms with Crippen LogP contribution in [-0.2, 0) is 0 Å². The largest absolute Gasteiger partial charge is 0.388 e. The maximum atomic E-state index is 10.7. The first-order chi connectivity index (χ1) is 12.2. The van der Waals surface area contributed by atoms with Crippen molar-refractivity contribution in [3.63, 3.8) is 0 Å². The van der Waals surface area contributed by atoms with Crippen molar-refractivity contribution >= 4 is 17.2 Å². The average molecular weight is 359 g/mol. The zero-order valence-corrected chi connectivity index (χ0v) is 15.7. The first-order valence-electron chi connectivity index (χ1n) is 9.26. The highest BCUT2D eigenvalue weighted by molar-refractivity contribution is 6.30. The molecule has 4 heteroatoms. The van der Waals surface area contributed by atoms with Crippen LogP contribution < -0.4 is 10.6 Å². The summed E-state index contributed by atoms with van der Waals surface area (Å²) in [7, 11) is 0. The fourth-order valence-electron chi connectivity index (χ4n) is 3.92. The van der Waals surface area contributed by atoms with Crippen LogP contribution in [0.5, 0.6) is 0 Å². The van der Waals surface area contributed by atoms with Crippen molar-refractivity contribution in [2.45, 2.75) is 45.3 Å². The minimum Gasteiger partial charge on any atom is -0.388 e. The van der Waals surface area contributed by atoms with Crippen molar-refractivity contribution in [3.05, 3.63) is 63.8 Å². The lowest BCUT2D eigenvalue weighted by Crippen LogP contribution is -2.32. The Morgan fingerprint density at radius 2 is 1.92 bits per heavy atom. The van der Waals surface area contributed by atoms with Gasteiger partial charge in [-0.05, 0) is 72.6 Å². The lowest BCUT2D eigenvalue weighted by molar-refractivity contribution is 0.178. The molecule has 1 saturated heterocycles. The molecular weight excluding hydrogens is 332 g/mol. The average Bonchev–Trinajstić information content (AvgIpc) is 2.78. The van der Waals surface area contributed by atoms with Gasteiger partial charge in [0.2, 0.25) is 0 Å². The summed E-state index contributed by atoms with van der Waals surface area (Å²) >= 11 is 6.20. The molecule has 25 heavy (non-hydrogen) atoms. The van der Waals surface area contributed by atoms with Gasteiger partial charge in [-0.3, -0.25) is 0 Å². The molecule has 3 aliphatic rings. The first kappa shape index (κ1) is 18.2. The van der Waals surface area contributed by atoms with Crippen LogP contribution >= 0.6 is 11.6 Å². The molecule has 0 spiro atoms. The normalized spacial score (nSPS) is 24.9. The van der Waals surface area contributed by atoms with Crippen molar-refractivity contribution in [2.75, 3.05) is 13.1 Å². The molecule has 2 unspecified atom stereocenters. The van der Waals surface area contributed by atoms with E-state index >= 15 is 0 Å². The molecule has 0 bridgehead atoms. The summed E-state index contributed by atoms with van der Waals surface area (Å²) in [4.78, 5) is 0. The molecule has 0 radical (unpaired) electrons. The summed E-state index contributed by atoms with van der Waals surface area (Å²) < 4.78 is 0. The number of rotatable bonds is 0. The monoisotopic (exact) mass is 358 g/mol. The van der Waals surface area contributed by atoms with E-state index in [2.05, 4.69) is 22.8 Å². The number of allylic oxidation sites excluding steroid dienone is 2. The van der Waals surface area contributed by atoms with Crippen molar-refractivity contribution in [2.24, 2.45) is 0 Å². The predicted octanol–water partition coefficient (Wildman–Crippen LogP) is 4.35. The number of benzene rings is 1. The van der Waals surface area contributed by atoms with E-state index in [4.69, 9.17) is 11.6 Å². The van der Waals surface area contributed by atoms with Gasteiger partial charge in [0.05, 0.1) is 12.1 Å². The van der Waals surface area contributed by atoms with Gasteiger partial charge < -0.3 is 15.7 Å². The highest BCUT2D eigenvalue weighted by Crippen LogP contribution is 2.42. The van der Waals surface area contributed by atoms with Crippen molar-refractivity contribution in [3.8, 4) is 0 Å². The number of aliphatic hydroxyl groups is 1. The molecule has 1 aromatic carbocycles. The second kappa shape index (κ2) is 8.22. The van der Waals surface area contributed by atoms with Crippen LogP contribution in [0, 0.1) is 0 Å². The Hall–Kier alpha value is -1.55. The van der Waals surface area contributed by atoms with Crippen LogP contribution in [0.15, 0.2) is 47.7 Å². The van der Waals surface area contributed by atoms with Gasteiger partial charge >= 0.3 is 0 Å². The SMILES string of the molecule is CC.OC1CC2=CC=CNC2C(=C2CCNCC2)c2ccc(Cl)cc21. The Balaban J connectivity index is 0.000000880. The first-order valence-corrected chi connectivity index (χ1v) is 9.64. The van der Waals surface area contributed by atoms with E-state index in [9.17, 15) is 5.11 Å². The molecule has 1 fully saturated rings. The zero-order valence-electron chi connectivity index (χ0n) is 15.0. The number of aliphatic hydroxyl groups excluding tert-OH is 1. The number of halogens is 1. The number of dihydropyridines is 1. The van der Waals surface area contributed by atoms with E-state index in [0.717, 1.165) is 37.1 Å². The number of nitrogens with one attached hydrogen (secondary N) is 2. The molecule has 2 aliphatic heterocycles. The van der Waals surface area contributed by atoms with E-state index in [0.29, 0.717) is 11.4 Å². The van der Waals surface area contributed by atoms with E-state index in [1.165, 1.54) is 16.7 Å². The Labute approximate surface area is 155 Å². The topological polar surface area (TPSA) is 44.3 Å². The second-order valence-electron chi connectivity index (χ2n) is 6.42. The third kappa shape index (κ3) is 3.69. The summed E-state index contributed by atoms with van der Waals surface area (Å²) in [5.74, 6) is 0. The summed E-state index contributed by atoms with van der Waals surface area (Å²) in [5.41, 5.74) is 6.17. The lowest BCUT2D eigenvalue weighted by atomic mass is 9.85. The molecule has 2 atom stereocenters. The third-order valence-electron chi connectivity index (χ3n) is 5.01. The maximum Gasteiger partial charge on any atom is 0.0834 e. The molecule has 3 N–H and O–H groups in total. The molecular formula is C21H27ClN2O. The smallest absolute Gasteiger partial charge is 0.0834 e. The number of piperidine rings is 1. The molecule has 0 aromatic heterocycles. The highest BCUT2D eigenvalue weighted by Gasteiger charge is 2.32. The molecule has 0 amide bonds. The van der Waals surface area contributed by atoms with Crippen molar-refractivity contribution < 1.29 is 5.11 Å². The Morgan fingerprint density at radius 3 is 2.68 bits per heavy atom. The summed E-state index contributed by atoms with van der Waals surface area (Å²) in [6, 6.07) is 6.09. The van der Waals surface area contributed by atoms with Gasteiger partial charge in [0.1, 0.15) is 0 Å². The van der Waals surface area contributed by atoms with Gasteiger partial charge in [-0.15, -0.1) is 0 Å². The number of fused-ring (bicyclic) bond motifs is 2. The van der Waals surface area contributed by atoms with Crippen LogP contribution in [0.25, 0.3) is 5.57 Å². The maximum absolute atomic E-state index is 10.7. The molecule has 134 valence electrons. The minimum atomic E-state index is -0.509. The predicted molar refractivity (Wildman–Crippen MR) is 106 cm³/mol. The van der Waals surface area contributed by atoms with Gasteiger partial charge in [0.25, 0.3) is 0 Å². The van der Waals surface area contributed by atoms with Crippen LogP contribution in [0.1, 0.15) is 50.3 Å². The molecule has 1 aliphatic carbocycles. The second-order valence-corrected chi connectivity index (χ2v) is 6.86. The van der Waals surface area contributed by atoms with Gasteiger partial charge in [-0.2, -0.15) is 0 Å². The summed E-state index contributed by atoms with van der Waals surface area (Å²) in [6.45, 7) is 6.04. The zero-order chi connectivity index (χ0) is 17.8. The number of hydrogen-bond acceptors (Lipinski definition) is 3. The molecule has 3 nitrogen and oxygen atoms in total. The molecule has 1 aromatic rings. The van der Waals surface area contributed by atoms with E-state index < -0.39 is 6.10 Å². The third-order valence-corrected chi connectivity index (χ3v) is 5.24. The molecule has 2 heterocycles. The fourth-order valence-corrected chi connectivity index (χ4v) is 4.10. The Kier molecular flexibility index (Phi) is 6.00.